The first-order chi connectivity index (χ1) is 11.6. The van der Waals surface area contributed by atoms with Gasteiger partial charge in [0.05, 0.1) is 6.04 Å². The molecule has 0 spiro atoms. The van der Waals surface area contributed by atoms with E-state index in [-0.39, 0.29) is 0 Å². The molecule has 0 radical (unpaired) electrons. The number of hydrogen-bond acceptors (Lipinski definition) is 5. The van der Waals surface area contributed by atoms with Crippen molar-refractivity contribution in [1.82, 2.24) is 25.0 Å². The topological polar surface area (TPSA) is 62.6 Å². The van der Waals surface area contributed by atoms with Crippen LogP contribution in [0.15, 0.2) is 23.7 Å². The van der Waals surface area contributed by atoms with E-state index in [1.807, 2.05) is 17.4 Å². The lowest BCUT2D eigenvalue weighted by Crippen LogP contribution is -2.35. The van der Waals surface area contributed by atoms with E-state index >= 15 is 0 Å². The monoisotopic (exact) mass is 342 g/mol. The van der Waals surface area contributed by atoms with Gasteiger partial charge >= 0.3 is 0 Å². The third kappa shape index (κ3) is 2.53. The zero-order valence-electron chi connectivity index (χ0n) is 14.2. The number of thiophene rings is 1. The maximum absolute atomic E-state index is 4.55. The summed E-state index contributed by atoms with van der Waals surface area (Å²) in [6.45, 7) is 8.56. The van der Waals surface area contributed by atoms with Crippen molar-refractivity contribution >= 4 is 17.3 Å². The number of nitrogens with one attached hydrogen (secondary N) is 1. The number of anilines is 1. The molecule has 7 heteroatoms. The molecule has 4 heterocycles. The summed E-state index contributed by atoms with van der Waals surface area (Å²) in [6.07, 6.45) is 2.82. The molecule has 0 saturated carbocycles. The van der Waals surface area contributed by atoms with Gasteiger partial charge in [-0.3, -0.25) is 9.67 Å². The fraction of sp³-hybridized carbons (Fsp3) is 0.471. The molecular formula is C17H22N6S. The molecule has 0 aromatic carbocycles. The van der Waals surface area contributed by atoms with Gasteiger partial charge in [-0.1, -0.05) is 13.8 Å². The van der Waals surface area contributed by atoms with Crippen molar-refractivity contribution in [3.05, 3.63) is 34.2 Å². The Morgan fingerprint density at radius 2 is 2.21 bits per heavy atom. The van der Waals surface area contributed by atoms with Crippen LogP contribution < -0.4 is 4.90 Å². The van der Waals surface area contributed by atoms with Gasteiger partial charge in [0.25, 0.3) is 0 Å². The lowest BCUT2D eigenvalue weighted by atomic mass is 10.0. The first-order valence-corrected chi connectivity index (χ1v) is 9.29. The fourth-order valence-electron chi connectivity index (χ4n) is 3.39. The normalized spacial score (nSPS) is 17.5. The van der Waals surface area contributed by atoms with Crippen molar-refractivity contribution in [2.24, 2.45) is 5.92 Å². The number of nitrogens with zero attached hydrogens (tertiary/aromatic N) is 5. The van der Waals surface area contributed by atoms with Crippen molar-refractivity contribution in [3.63, 3.8) is 0 Å². The highest BCUT2D eigenvalue weighted by atomic mass is 32.1. The van der Waals surface area contributed by atoms with E-state index < -0.39 is 0 Å². The van der Waals surface area contributed by atoms with E-state index in [1.54, 1.807) is 6.20 Å². The molecule has 3 aromatic rings. The Labute approximate surface area is 145 Å². The Hall–Kier alpha value is -2.15. The maximum Gasteiger partial charge on any atom is 0.228 e. The summed E-state index contributed by atoms with van der Waals surface area (Å²) in [5.74, 6) is 2.33. The van der Waals surface area contributed by atoms with Gasteiger partial charge in [0.1, 0.15) is 5.69 Å². The smallest absolute Gasteiger partial charge is 0.228 e. The van der Waals surface area contributed by atoms with Crippen LogP contribution in [0.4, 0.5) is 5.95 Å². The van der Waals surface area contributed by atoms with Crippen LogP contribution in [0.2, 0.25) is 0 Å². The van der Waals surface area contributed by atoms with E-state index in [9.17, 15) is 0 Å². The molecule has 4 rings (SSSR count). The first-order valence-electron chi connectivity index (χ1n) is 8.41. The molecule has 1 N–H and O–H groups in total. The third-order valence-corrected chi connectivity index (χ3v) is 5.66. The predicted octanol–water partition coefficient (Wildman–Crippen LogP) is 3.51. The number of hydrogen-bond donors (Lipinski definition) is 1. The van der Waals surface area contributed by atoms with Crippen LogP contribution in [-0.4, -0.2) is 31.5 Å². The second-order valence-electron chi connectivity index (χ2n) is 6.73. The summed E-state index contributed by atoms with van der Waals surface area (Å²) >= 11 is 1.84. The van der Waals surface area contributed by atoms with Crippen LogP contribution in [0.25, 0.3) is 11.5 Å². The Kier molecular flexibility index (Phi) is 3.88. The highest BCUT2D eigenvalue weighted by Crippen LogP contribution is 2.37. The summed E-state index contributed by atoms with van der Waals surface area (Å²) < 4.78 is 2.23. The lowest BCUT2D eigenvalue weighted by Gasteiger charge is -2.34. The minimum absolute atomic E-state index is 0.332. The quantitative estimate of drug-likeness (QED) is 0.788. The van der Waals surface area contributed by atoms with Gasteiger partial charge < -0.3 is 4.90 Å². The van der Waals surface area contributed by atoms with E-state index in [4.69, 9.17) is 0 Å². The van der Waals surface area contributed by atoms with Crippen LogP contribution >= 0.6 is 11.3 Å². The molecule has 6 nitrogen and oxygen atoms in total. The van der Waals surface area contributed by atoms with Gasteiger partial charge in [0.15, 0.2) is 5.82 Å². The molecule has 24 heavy (non-hydrogen) atoms. The molecule has 1 aliphatic rings. The number of aromatic nitrogens is 5. The van der Waals surface area contributed by atoms with E-state index in [0.29, 0.717) is 12.0 Å². The SMILES string of the molecule is CC(C)Cn1c(-c2ccn[nH]2)nnc1N1CCc2ccsc2C1C. The van der Waals surface area contributed by atoms with Crippen molar-refractivity contribution in [1.29, 1.82) is 0 Å². The molecule has 0 amide bonds. The van der Waals surface area contributed by atoms with Crippen LogP contribution in [0, 0.1) is 5.92 Å². The minimum Gasteiger partial charge on any atom is -0.333 e. The molecule has 0 bridgehead atoms. The van der Waals surface area contributed by atoms with Crippen molar-refractivity contribution < 1.29 is 0 Å². The van der Waals surface area contributed by atoms with Gasteiger partial charge in [-0.05, 0) is 42.3 Å². The van der Waals surface area contributed by atoms with Crippen LogP contribution in [-0.2, 0) is 13.0 Å². The first kappa shape index (κ1) is 15.4. The number of fused-ring (bicyclic) bond motifs is 1. The molecule has 0 aliphatic carbocycles. The Morgan fingerprint density at radius 3 is 2.96 bits per heavy atom. The predicted molar refractivity (Wildman–Crippen MR) is 96.2 cm³/mol. The number of rotatable bonds is 4. The van der Waals surface area contributed by atoms with Crippen molar-refractivity contribution in [3.8, 4) is 11.5 Å². The summed E-state index contributed by atoms with van der Waals surface area (Å²) in [6, 6.07) is 4.53. The number of aromatic amines is 1. The summed E-state index contributed by atoms with van der Waals surface area (Å²) in [5, 5.41) is 18.3. The van der Waals surface area contributed by atoms with Gasteiger partial charge in [-0.15, -0.1) is 21.5 Å². The fourth-order valence-corrected chi connectivity index (χ4v) is 4.41. The minimum atomic E-state index is 0.332. The Bertz CT molecular complexity index is 816. The summed E-state index contributed by atoms with van der Waals surface area (Å²) in [4.78, 5) is 3.83. The summed E-state index contributed by atoms with van der Waals surface area (Å²) in [7, 11) is 0. The standard InChI is InChI=1S/C17H22N6S/c1-11(2)10-23-16(14-4-7-18-19-14)20-21-17(23)22-8-5-13-6-9-24-15(13)12(22)3/h4,6-7,9,11-12H,5,8,10H2,1-3H3,(H,18,19). The molecule has 1 aliphatic heterocycles. The average Bonchev–Trinajstić information content (AvgIpc) is 3.26. The van der Waals surface area contributed by atoms with Crippen molar-refractivity contribution in [2.75, 3.05) is 11.4 Å². The molecule has 1 atom stereocenters. The lowest BCUT2D eigenvalue weighted by molar-refractivity contribution is 0.509. The van der Waals surface area contributed by atoms with Crippen LogP contribution in [0.1, 0.15) is 37.3 Å². The zero-order chi connectivity index (χ0) is 16.7. The summed E-state index contributed by atoms with van der Waals surface area (Å²) in [5.41, 5.74) is 2.39. The highest BCUT2D eigenvalue weighted by molar-refractivity contribution is 7.10. The van der Waals surface area contributed by atoms with E-state index in [0.717, 1.165) is 37.0 Å². The molecular weight excluding hydrogens is 320 g/mol. The van der Waals surface area contributed by atoms with Crippen LogP contribution in [0.3, 0.4) is 0 Å². The van der Waals surface area contributed by atoms with Crippen molar-refractivity contribution in [2.45, 2.75) is 39.8 Å². The van der Waals surface area contributed by atoms with Gasteiger partial charge in [-0.2, -0.15) is 5.10 Å². The largest absolute Gasteiger partial charge is 0.333 e. The highest BCUT2D eigenvalue weighted by Gasteiger charge is 2.29. The van der Waals surface area contributed by atoms with Gasteiger partial charge in [0, 0.05) is 24.2 Å². The molecule has 126 valence electrons. The van der Waals surface area contributed by atoms with Gasteiger partial charge in [0.2, 0.25) is 5.95 Å². The molecule has 3 aromatic heterocycles. The van der Waals surface area contributed by atoms with Crippen LogP contribution in [0.5, 0.6) is 0 Å². The van der Waals surface area contributed by atoms with Gasteiger partial charge in [-0.25, -0.2) is 0 Å². The maximum atomic E-state index is 4.55. The molecule has 1 unspecified atom stereocenters. The Morgan fingerprint density at radius 1 is 1.33 bits per heavy atom. The zero-order valence-corrected chi connectivity index (χ0v) is 15.0. The third-order valence-electron chi connectivity index (χ3n) is 4.53. The van der Waals surface area contributed by atoms with E-state index in [1.165, 1.54) is 10.4 Å². The second-order valence-corrected chi connectivity index (χ2v) is 7.68. The molecule has 0 saturated heterocycles. The molecule has 0 fully saturated rings. The average molecular weight is 342 g/mol. The number of H-pyrrole nitrogens is 1. The second kappa shape index (κ2) is 6.05. The Balaban J connectivity index is 1.76. The van der Waals surface area contributed by atoms with E-state index in [2.05, 4.69) is 62.1 Å².